The number of nitrogens with zero attached hydrogens (tertiary/aromatic N) is 1. The van der Waals surface area contributed by atoms with Gasteiger partial charge in [-0.3, -0.25) is 0 Å². The second kappa shape index (κ2) is 4.32. The van der Waals surface area contributed by atoms with Crippen molar-refractivity contribution < 1.29 is 4.74 Å². The number of rotatable bonds is 4. The molecule has 0 aliphatic rings. The van der Waals surface area contributed by atoms with E-state index < -0.39 is 0 Å². The van der Waals surface area contributed by atoms with Crippen molar-refractivity contribution in [3.63, 3.8) is 0 Å². The van der Waals surface area contributed by atoms with Gasteiger partial charge < -0.3 is 10.5 Å². The summed E-state index contributed by atoms with van der Waals surface area (Å²) in [5.41, 5.74) is 5.32. The van der Waals surface area contributed by atoms with E-state index in [0.717, 1.165) is 0 Å². The van der Waals surface area contributed by atoms with Crippen LogP contribution < -0.4 is 5.73 Å². The van der Waals surface area contributed by atoms with Gasteiger partial charge in [-0.1, -0.05) is 6.92 Å². The Balaban J connectivity index is 3.62. The maximum absolute atomic E-state index is 8.51. The molecule has 0 saturated heterocycles. The molecule has 0 rings (SSSR count). The van der Waals surface area contributed by atoms with Crippen molar-refractivity contribution in [1.82, 2.24) is 0 Å². The highest BCUT2D eigenvalue weighted by atomic mass is 16.5. The molecule has 11 heavy (non-hydrogen) atoms. The molecule has 0 aromatic carbocycles. The van der Waals surface area contributed by atoms with E-state index >= 15 is 0 Å². The summed E-state index contributed by atoms with van der Waals surface area (Å²) >= 11 is 0. The minimum Gasteiger partial charge on any atom is -0.361 e. The Morgan fingerprint density at radius 3 is 2.45 bits per heavy atom. The van der Waals surface area contributed by atoms with Gasteiger partial charge in [0.15, 0.2) is 0 Å². The topological polar surface area (TPSA) is 59.0 Å². The van der Waals surface area contributed by atoms with Crippen LogP contribution in [0.4, 0.5) is 0 Å². The predicted molar refractivity (Wildman–Crippen MR) is 43.9 cm³/mol. The first-order valence-electron chi connectivity index (χ1n) is 3.79. The van der Waals surface area contributed by atoms with Crippen molar-refractivity contribution >= 4 is 0 Å². The van der Waals surface area contributed by atoms with E-state index in [0.29, 0.717) is 13.0 Å². The van der Waals surface area contributed by atoms with Crippen molar-refractivity contribution in [1.29, 1.82) is 5.26 Å². The molecule has 1 unspecified atom stereocenters. The largest absolute Gasteiger partial charge is 0.361 e. The second-order valence-corrected chi connectivity index (χ2v) is 3.33. The zero-order valence-electron chi connectivity index (χ0n) is 7.42. The van der Waals surface area contributed by atoms with E-state index in [4.69, 9.17) is 15.7 Å². The second-order valence-electron chi connectivity index (χ2n) is 3.33. The van der Waals surface area contributed by atoms with E-state index in [1.165, 1.54) is 0 Å². The van der Waals surface area contributed by atoms with E-state index in [-0.39, 0.29) is 11.6 Å². The lowest BCUT2D eigenvalue weighted by molar-refractivity contribution is 0.0575. The Kier molecular flexibility index (Phi) is 4.09. The van der Waals surface area contributed by atoms with E-state index in [1.54, 1.807) is 0 Å². The summed E-state index contributed by atoms with van der Waals surface area (Å²) in [5.74, 6) is 0. The van der Waals surface area contributed by atoms with E-state index in [1.807, 2.05) is 26.8 Å². The Hall–Kier alpha value is -0.590. The molecule has 0 fully saturated rings. The third kappa shape index (κ3) is 5.84. The van der Waals surface area contributed by atoms with Crippen molar-refractivity contribution in [2.75, 3.05) is 6.61 Å². The average Bonchev–Trinajstić information content (AvgIpc) is 1.88. The highest BCUT2D eigenvalue weighted by molar-refractivity contribution is 4.84. The summed E-state index contributed by atoms with van der Waals surface area (Å²) in [6.45, 7) is 6.09. The number of nitrogens with two attached hydrogens (primary N) is 1. The van der Waals surface area contributed by atoms with Crippen molar-refractivity contribution in [3.8, 4) is 6.07 Å². The van der Waals surface area contributed by atoms with Crippen LogP contribution in [0.3, 0.4) is 0 Å². The Bertz CT molecular complexity index is 143. The molecule has 0 aliphatic heterocycles. The summed E-state index contributed by atoms with van der Waals surface area (Å²) in [5, 5.41) is 8.51. The summed E-state index contributed by atoms with van der Waals surface area (Å²) in [6.07, 6.45) is 0.407. The molecular formula is C8H16N2O. The Labute approximate surface area is 68.1 Å². The van der Waals surface area contributed by atoms with Crippen LogP contribution >= 0.6 is 0 Å². The maximum atomic E-state index is 8.51. The highest BCUT2D eigenvalue weighted by Gasteiger charge is 2.13. The van der Waals surface area contributed by atoms with Crippen LogP contribution in [0.15, 0.2) is 0 Å². The first-order valence-corrected chi connectivity index (χ1v) is 3.79. The SMILES string of the molecule is CCC(C#N)OCC(C)(C)N. The fourth-order valence-electron chi connectivity index (χ4n) is 0.562. The van der Waals surface area contributed by atoms with Gasteiger partial charge in [0.25, 0.3) is 0 Å². The molecule has 3 nitrogen and oxygen atoms in total. The van der Waals surface area contributed by atoms with Crippen LogP contribution in [0.25, 0.3) is 0 Å². The highest BCUT2D eigenvalue weighted by Crippen LogP contribution is 2.02. The molecule has 64 valence electrons. The molecule has 0 aromatic heterocycles. The summed E-state index contributed by atoms with van der Waals surface area (Å²) in [6, 6.07) is 2.05. The first kappa shape index (κ1) is 10.4. The van der Waals surface area contributed by atoms with Crippen LogP contribution in [0.2, 0.25) is 0 Å². The van der Waals surface area contributed by atoms with Gasteiger partial charge in [-0.2, -0.15) is 5.26 Å². The van der Waals surface area contributed by atoms with Crippen LogP contribution in [-0.2, 0) is 4.74 Å². The fraction of sp³-hybridized carbons (Fsp3) is 0.875. The lowest BCUT2D eigenvalue weighted by Gasteiger charge is -2.19. The van der Waals surface area contributed by atoms with Gasteiger partial charge in [0.1, 0.15) is 6.10 Å². The molecule has 0 bridgehead atoms. The number of nitriles is 1. The molecule has 3 heteroatoms. The third-order valence-corrected chi connectivity index (χ3v) is 1.17. The quantitative estimate of drug-likeness (QED) is 0.661. The first-order chi connectivity index (χ1) is 4.99. The predicted octanol–water partition coefficient (Wildman–Crippen LogP) is 1.04. The Morgan fingerprint density at radius 2 is 2.18 bits per heavy atom. The van der Waals surface area contributed by atoms with Gasteiger partial charge in [-0.05, 0) is 20.3 Å². The average molecular weight is 156 g/mol. The number of hydrogen-bond acceptors (Lipinski definition) is 3. The molecule has 0 aromatic rings. The lowest BCUT2D eigenvalue weighted by atomic mass is 10.1. The number of ether oxygens (including phenoxy) is 1. The minimum absolute atomic E-state index is 0.308. The molecule has 0 amide bonds. The fourth-order valence-corrected chi connectivity index (χ4v) is 0.562. The molecule has 0 radical (unpaired) electrons. The minimum atomic E-state index is -0.343. The van der Waals surface area contributed by atoms with E-state index in [9.17, 15) is 0 Å². The molecule has 1 atom stereocenters. The van der Waals surface area contributed by atoms with Gasteiger partial charge in [-0.25, -0.2) is 0 Å². The zero-order chi connectivity index (χ0) is 8.91. The normalized spacial score (nSPS) is 14.1. The van der Waals surface area contributed by atoms with Crippen LogP contribution in [0.1, 0.15) is 27.2 Å². The molecule has 0 saturated carbocycles. The Morgan fingerprint density at radius 1 is 1.64 bits per heavy atom. The monoisotopic (exact) mass is 156 g/mol. The standard InChI is InChI=1S/C8H16N2O/c1-4-7(5-9)11-6-8(2,3)10/h7H,4,6,10H2,1-3H3. The molecular weight excluding hydrogens is 140 g/mol. The molecule has 2 N–H and O–H groups in total. The lowest BCUT2D eigenvalue weighted by Crippen LogP contribution is -2.38. The van der Waals surface area contributed by atoms with Gasteiger partial charge in [0.2, 0.25) is 0 Å². The van der Waals surface area contributed by atoms with Crippen LogP contribution in [-0.4, -0.2) is 18.2 Å². The van der Waals surface area contributed by atoms with Gasteiger partial charge in [0, 0.05) is 5.54 Å². The van der Waals surface area contributed by atoms with Gasteiger partial charge in [-0.15, -0.1) is 0 Å². The summed E-state index contributed by atoms with van der Waals surface area (Å²) in [4.78, 5) is 0. The van der Waals surface area contributed by atoms with Crippen molar-refractivity contribution in [2.45, 2.75) is 38.8 Å². The molecule has 0 aliphatic carbocycles. The summed E-state index contributed by atoms with van der Waals surface area (Å²) < 4.78 is 5.22. The van der Waals surface area contributed by atoms with Gasteiger partial charge in [0.05, 0.1) is 12.7 Å². The zero-order valence-corrected chi connectivity index (χ0v) is 7.42. The molecule has 0 heterocycles. The maximum Gasteiger partial charge on any atom is 0.143 e. The van der Waals surface area contributed by atoms with Crippen molar-refractivity contribution in [3.05, 3.63) is 0 Å². The van der Waals surface area contributed by atoms with Crippen LogP contribution in [0, 0.1) is 11.3 Å². The third-order valence-electron chi connectivity index (χ3n) is 1.17. The van der Waals surface area contributed by atoms with Crippen LogP contribution in [0.5, 0.6) is 0 Å². The smallest absolute Gasteiger partial charge is 0.143 e. The molecule has 0 spiro atoms. The van der Waals surface area contributed by atoms with E-state index in [2.05, 4.69) is 0 Å². The number of hydrogen-bond donors (Lipinski definition) is 1. The van der Waals surface area contributed by atoms with Crippen molar-refractivity contribution in [2.24, 2.45) is 5.73 Å². The summed E-state index contributed by atoms with van der Waals surface area (Å²) in [7, 11) is 0. The van der Waals surface area contributed by atoms with Gasteiger partial charge >= 0.3 is 0 Å².